The van der Waals surface area contributed by atoms with Crippen LogP contribution in [0.15, 0.2) is 18.3 Å². The second kappa shape index (κ2) is 6.79. The van der Waals surface area contributed by atoms with Gasteiger partial charge in [-0.25, -0.2) is 9.78 Å². The third-order valence-electron chi connectivity index (χ3n) is 1.93. The van der Waals surface area contributed by atoms with E-state index in [0.717, 1.165) is 5.69 Å². The van der Waals surface area contributed by atoms with Crippen molar-refractivity contribution in [1.29, 1.82) is 0 Å². The van der Waals surface area contributed by atoms with Crippen LogP contribution in [0.1, 0.15) is 17.4 Å². The van der Waals surface area contributed by atoms with E-state index in [0.29, 0.717) is 25.5 Å². The Labute approximate surface area is 94.8 Å². The number of esters is 1. The van der Waals surface area contributed by atoms with Gasteiger partial charge in [0.1, 0.15) is 5.69 Å². The van der Waals surface area contributed by atoms with Crippen molar-refractivity contribution in [3.05, 3.63) is 24.0 Å². The van der Waals surface area contributed by atoms with Crippen molar-refractivity contribution in [2.45, 2.75) is 6.92 Å². The lowest BCUT2D eigenvalue weighted by Gasteiger charge is -2.07. The van der Waals surface area contributed by atoms with Crippen LogP contribution in [0.4, 0.5) is 5.69 Å². The fraction of sp³-hybridized carbons (Fsp3) is 0.455. The Bertz CT molecular complexity index is 342. The van der Waals surface area contributed by atoms with Gasteiger partial charge in [-0.05, 0) is 19.1 Å². The number of aromatic nitrogens is 1. The Balaban J connectivity index is 2.50. The maximum absolute atomic E-state index is 11.2. The number of carbonyl (C=O) groups is 1. The highest BCUT2D eigenvalue weighted by Gasteiger charge is 2.06. The normalized spacial score (nSPS) is 9.88. The summed E-state index contributed by atoms with van der Waals surface area (Å²) in [6.45, 7) is 3.97. The van der Waals surface area contributed by atoms with Crippen LogP contribution in [-0.4, -0.2) is 37.8 Å². The number of anilines is 1. The minimum absolute atomic E-state index is 0.295. The van der Waals surface area contributed by atoms with Crippen molar-refractivity contribution in [2.24, 2.45) is 0 Å². The number of nitrogens with one attached hydrogen (secondary N) is 1. The van der Waals surface area contributed by atoms with Gasteiger partial charge in [-0.2, -0.15) is 0 Å². The monoisotopic (exact) mass is 224 g/mol. The van der Waals surface area contributed by atoms with Crippen LogP contribution in [-0.2, 0) is 9.47 Å². The molecule has 5 heteroatoms. The highest BCUT2D eigenvalue weighted by atomic mass is 16.5. The molecule has 0 aliphatic rings. The average molecular weight is 224 g/mol. The van der Waals surface area contributed by atoms with E-state index in [2.05, 4.69) is 15.0 Å². The summed E-state index contributed by atoms with van der Waals surface area (Å²) in [6, 6.07) is 3.44. The van der Waals surface area contributed by atoms with E-state index in [1.165, 1.54) is 7.11 Å². The molecule has 16 heavy (non-hydrogen) atoms. The number of nitrogens with zero attached hydrogens (tertiary/aromatic N) is 1. The molecule has 1 rings (SSSR count). The highest BCUT2D eigenvalue weighted by molar-refractivity contribution is 5.88. The first-order valence-corrected chi connectivity index (χ1v) is 5.14. The van der Waals surface area contributed by atoms with E-state index < -0.39 is 5.97 Å². The first kappa shape index (κ1) is 12.4. The molecular weight excluding hydrogens is 208 g/mol. The largest absolute Gasteiger partial charge is 0.464 e. The van der Waals surface area contributed by atoms with Crippen LogP contribution in [0.5, 0.6) is 0 Å². The second-order valence-electron chi connectivity index (χ2n) is 3.05. The molecule has 0 saturated carbocycles. The molecule has 0 aromatic carbocycles. The smallest absolute Gasteiger partial charge is 0.356 e. The minimum atomic E-state index is -0.437. The van der Waals surface area contributed by atoms with E-state index in [9.17, 15) is 4.79 Å². The Morgan fingerprint density at radius 1 is 1.56 bits per heavy atom. The molecule has 0 atom stereocenters. The first-order valence-electron chi connectivity index (χ1n) is 5.14. The summed E-state index contributed by atoms with van der Waals surface area (Å²) >= 11 is 0. The van der Waals surface area contributed by atoms with Crippen molar-refractivity contribution in [1.82, 2.24) is 4.98 Å². The van der Waals surface area contributed by atoms with E-state index in [-0.39, 0.29) is 0 Å². The van der Waals surface area contributed by atoms with Crippen LogP contribution < -0.4 is 5.32 Å². The number of hydrogen-bond donors (Lipinski definition) is 1. The average Bonchev–Trinajstić information content (AvgIpc) is 2.34. The molecule has 0 spiro atoms. The SMILES string of the molecule is CCOCCNc1ccnc(C(=O)OC)c1. The fourth-order valence-corrected chi connectivity index (χ4v) is 1.17. The Morgan fingerprint density at radius 2 is 2.38 bits per heavy atom. The summed E-state index contributed by atoms with van der Waals surface area (Å²) in [5, 5.41) is 3.13. The van der Waals surface area contributed by atoms with Crippen LogP contribution in [0.3, 0.4) is 0 Å². The van der Waals surface area contributed by atoms with Crippen molar-refractivity contribution in [3.63, 3.8) is 0 Å². The molecule has 0 bridgehead atoms. The van der Waals surface area contributed by atoms with Gasteiger partial charge in [-0.1, -0.05) is 0 Å². The lowest BCUT2D eigenvalue weighted by molar-refractivity contribution is 0.0594. The molecule has 0 unspecified atom stereocenters. The first-order chi connectivity index (χ1) is 7.77. The summed E-state index contributed by atoms with van der Waals surface area (Å²) in [4.78, 5) is 15.1. The molecule has 0 aliphatic heterocycles. The van der Waals surface area contributed by atoms with Crippen molar-refractivity contribution in [2.75, 3.05) is 32.2 Å². The number of hydrogen-bond acceptors (Lipinski definition) is 5. The lowest BCUT2D eigenvalue weighted by Crippen LogP contribution is -2.10. The molecule has 0 radical (unpaired) electrons. The predicted octanol–water partition coefficient (Wildman–Crippen LogP) is 1.32. The molecule has 0 aliphatic carbocycles. The topological polar surface area (TPSA) is 60.5 Å². The Hall–Kier alpha value is -1.62. The van der Waals surface area contributed by atoms with Crippen LogP contribution in [0.25, 0.3) is 0 Å². The molecule has 0 amide bonds. The number of pyridine rings is 1. The molecule has 0 fully saturated rings. The van der Waals surface area contributed by atoms with Crippen molar-refractivity contribution < 1.29 is 14.3 Å². The van der Waals surface area contributed by atoms with Gasteiger partial charge in [0, 0.05) is 25.0 Å². The van der Waals surface area contributed by atoms with E-state index in [4.69, 9.17) is 4.74 Å². The standard InChI is InChI=1S/C11H16N2O3/c1-3-16-7-6-12-9-4-5-13-10(8-9)11(14)15-2/h4-5,8H,3,6-7H2,1-2H3,(H,12,13). The molecule has 0 saturated heterocycles. The third kappa shape index (κ3) is 3.86. The van der Waals surface area contributed by atoms with Gasteiger partial charge in [0.05, 0.1) is 13.7 Å². The van der Waals surface area contributed by atoms with Gasteiger partial charge >= 0.3 is 5.97 Å². The highest BCUT2D eigenvalue weighted by Crippen LogP contribution is 2.08. The maximum atomic E-state index is 11.2. The van der Waals surface area contributed by atoms with Crippen molar-refractivity contribution >= 4 is 11.7 Å². The third-order valence-corrected chi connectivity index (χ3v) is 1.93. The maximum Gasteiger partial charge on any atom is 0.356 e. The summed E-state index contributed by atoms with van der Waals surface area (Å²) < 4.78 is 9.76. The zero-order valence-corrected chi connectivity index (χ0v) is 9.53. The summed E-state index contributed by atoms with van der Waals surface area (Å²) in [5.41, 5.74) is 1.12. The molecule has 5 nitrogen and oxygen atoms in total. The summed E-state index contributed by atoms with van der Waals surface area (Å²) in [5.74, 6) is -0.437. The van der Waals surface area contributed by atoms with Gasteiger partial charge < -0.3 is 14.8 Å². The fourth-order valence-electron chi connectivity index (χ4n) is 1.17. The summed E-state index contributed by atoms with van der Waals surface area (Å²) in [6.07, 6.45) is 1.56. The second-order valence-corrected chi connectivity index (χ2v) is 3.05. The number of carbonyl (C=O) groups excluding carboxylic acids is 1. The predicted molar refractivity (Wildman–Crippen MR) is 60.6 cm³/mol. The quantitative estimate of drug-likeness (QED) is 0.583. The van der Waals surface area contributed by atoms with E-state index in [1.807, 2.05) is 6.92 Å². The van der Waals surface area contributed by atoms with Crippen LogP contribution in [0, 0.1) is 0 Å². The molecular formula is C11H16N2O3. The Kier molecular flexibility index (Phi) is 5.28. The van der Waals surface area contributed by atoms with Gasteiger partial charge in [0.2, 0.25) is 0 Å². The molecule has 1 aromatic rings. The number of ether oxygens (including phenoxy) is 2. The van der Waals surface area contributed by atoms with Crippen molar-refractivity contribution in [3.8, 4) is 0 Å². The van der Waals surface area contributed by atoms with Gasteiger partial charge in [-0.3, -0.25) is 0 Å². The zero-order chi connectivity index (χ0) is 11.8. The Morgan fingerprint density at radius 3 is 3.06 bits per heavy atom. The van der Waals surface area contributed by atoms with Crippen LogP contribution in [0.2, 0.25) is 0 Å². The summed E-state index contributed by atoms with van der Waals surface area (Å²) in [7, 11) is 1.33. The van der Waals surface area contributed by atoms with Gasteiger partial charge in [0.25, 0.3) is 0 Å². The molecule has 1 N–H and O–H groups in total. The van der Waals surface area contributed by atoms with Gasteiger partial charge in [-0.15, -0.1) is 0 Å². The van der Waals surface area contributed by atoms with E-state index >= 15 is 0 Å². The molecule has 1 heterocycles. The molecule has 88 valence electrons. The number of rotatable bonds is 6. The zero-order valence-electron chi connectivity index (χ0n) is 9.53. The minimum Gasteiger partial charge on any atom is -0.464 e. The number of methoxy groups -OCH3 is 1. The lowest BCUT2D eigenvalue weighted by atomic mass is 10.3. The van der Waals surface area contributed by atoms with Gasteiger partial charge in [0.15, 0.2) is 0 Å². The van der Waals surface area contributed by atoms with Crippen LogP contribution >= 0.6 is 0 Å². The van der Waals surface area contributed by atoms with E-state index in [1.54, 1.807) is 18.3 Å². The molecule has 1 aromatic heterocycles.